The maximum atomic E-state index is 3.43. The molecule has 0 fully saturated rings. The van der Waals surface area contributed by atoms with Crippen molar-refractivity contribution in [1.82, 2.24) is 5.32 Å². The van der Waals surface area contributed by atoms with Crippen molar-refractivity contribution >= 4 is 0 Å². The van der Waals surface area contributed by atoms with Gasteiger partial charge >= 0.3 is 0 Å². The number of nitrogens with one attached hydrogen (secondary N) is 1. The summed E-state index contributed by atoms with van der Waals surface area (Å²) < 4.78 is 0. The van der Waals surface area contributed by atoms with Crippen LogP contribution in [0.1, 0.15) is 13.3 Å². The summed E-state index contributed by atoms with van der Waals surface area (Å²) in [5.74, 6) is 0. The van der Waals surface area contributed by atoms with Crippen molar-refractivity contribution in [3.8, 4) is 0 Å². The molecule has 1 aliphatic carbocycles. The second kappa shape index (κ2) is 3.02. The van der Waals surface area contributed by atoms with Crippen LogP contribution in [0.15, 0.2) is 47.7 Å². The number of hydrogen-bond donors (Lipinski definition) is 1. The van der Waals surface area contributed by atoms with Crippen molar-refractivity contribution in [1.29, 1.82) is 0 Å². The molecule has 1 unspecified atom stereocenters. The summed E-state index contributed by atoms with van der Waals surface area (Å²) in [5.41, 5.74) is 2.65. The molecule has 0 aromatic carbocycles. The second-order valence-electron chi connectivity index (χ2n) is 3.10. The van der Waals surface area contributed by atoms with Crippen molar-refractivity contribution < 1.29 is 0 Å². The number of hydrogen-bond acceptors (Lipinski definition) is 1. The zero-order chi connectivity index (χ0) is 8.39. The van der Waals surface area contributed by atoms with Crippen LogP contribution < -0.4 is 5.32 Å². The Balaban J connectivity index is 2.30. The predicted octanol–water partition coefficient (Wildman–Crippen LogP) is 2.30. The van der Waals surface area contributed by atoms with E-state index in [2.05, 4.69) is 48.7 Å². The summed E-state index contributed by atoms with van der Waals surface area (Å²) in [7, 11) is 0. The van der Waals surface area contributed by atoms with Gasteiger partial charge in [-0.3, -0.25) is 0 Å². The van der Waals surface area contributed by atoms with Gasteiger partial charge in [0, 0.05) is 5.70 Å². The molecular weight excluding hydrogens is 146 g/mol. The van der Waals surface area contributed by atoms with E-state index in [1.54, 1.807) is 0 Å². The Morgan fingerprint density at radius 1 is 1.42 bits per heavy atom. The van der Waals surface area contributed by atoms with Gasteiger partial charge in [0.1, 0.15) is 0 Å². The van der Waals surface area contributed by atoms with Crippen LogP contribution in [0, 0.1) is 0 Å². The molecule has 0 radical (unpaired) electrons. The average molecular weight is 159 g/mol. The Bertz CT molecular complexity index is 292. The Morgan fingerprint density at radius 2 is 2.33 bits per heavy atom. The van der Waals surface area contributed by atoms with Crippen LogP contribution >= 0.6 is 0 Å². The van der Waals surface area contributed by atoms with Crippen molar-refractivity contribution in [2.75, 3.05) is 0 Å². The molecule has 2 bridgehead atoms. The molecule has 0 aromatic rings. The highest BCUT2D eigenvalue weighted by molar-refractivity contribution is 5.42. The summed E-state index contributed by atoms with van der Waals surface area (Å²) in [6.45, 7) is 2.17. The maximum Gasteiger partial charge on any atom is 0.0637 e. The Labute approximate surface area is 73.2 Å². The summed E-state index contributed by atoms with van der Waals surface area (Å²) in [5, 5.41) is 3.43. The fourth-order valence-electron chi connectivity index (χ4n) is 1.52. The summed E-state index contributed by atoms with van der Waals surface area (Å²) >= 11 is 0. The molecule has 0 amide bonds. The monoisotopic (exact) mass is 159 g/mol. The summed E-state index contributed by atoms with van der Waals surface area (Å²) in [4.78, 5) is 0. The first-order valence-electron chi connectivity index (χ1n) is 4.42. The first kappa shape index (κ1) is 7.41. The van der Waals surface area contributed by atoms with Crippen LogP contribution in [0.4, 0.5) is 0 Å². The van der Waals surface area contributed by atoms with Gasteiger partial charge in [0.15, 0.2) is 0 Å². The van der Waals surface area contributed by atoms with Gasteiger partial charge in [0.25, 0.3) is 0 Å². The molecule has 1 heterocycles. The molecule has 0 saturated carbocycles. The minimum Gasteiger partial charge on any atom is -0.379 e. The zero-order valence-electron chi connectivity index (χ0n) is 7.25. The first-order valence-corrected chi connectivity index (χ1v) is 4.42. The molecule has 0 spiro atoms. The van der Waals surface area contributed by atoms with Gasteiger partial charge in [0.05, 0.1) is 6.04 Å². The predicted molar refractivity (Wildman–Crippen MR) is 51.7 cm³/mol. The van der Waals surface area contributed by atoms with E-state index < -0.39 is 0 Å². The fourth-order valence-corrected chi connectivity index (χ4v) is 1.52. The molecule has 1 N–H and O–H groups in total. The van der Waals surface area contributed by atoms with E-state index in [-0.39, 0.29) is 0 Å². The van der Waals surface area contributed by atoms with E-state index in [0.29, 0.717) is 6.04 Å². The van der Waals surface area contributed by atoms with Gasteiger partial charge in [-0.2, -0.15) is 0 Å². The maximum absolute atomic E-state index is 3.43. The normalized spacial score (nSPS) is 25.6. The van der Waals surface area contributed by atoms with Gasteiger partial charge in [0.2, 0.25) is 0 Å². The van der Waals surface area contributed by atoms with Gasteiger partial charge in [-0.15, -0.1) is 0 Å². The number of dihydropyridines is 1. The lowest BCUT2D eigenvalue weighted by molar-refractivity contribution is 0.738. The van der Waals surface area contributed by atoms with Crippen molar-refractivity contribution in [2.45, 2.75) is 19.4 Å². The molecule has 1 heteroatoms. The topological polar surface area (TPSA) is 12.0 Å². The molecule has 0 aromatic heterocycles. The standard InChI is InChI=1S/C11H13N/c1-2-10-7-9-5-3-4-6-11(8-9)12-10/h3-8,11-12H,2H2,1H3. The highest BCUT2D eigenvalue weighted by atomic mass is 14.9. The summed E-state index contributed by atoms with van der Waals surface area (Å²) in [6, 6.07) is 0.398. The Morgan fingerprint density at radius 3 is 3.17 bits per heavy atom. The molecule has 62 valence electrons. The highest BCUT2D eigenvalue weighted by Crippen LogP contribution is 2.16. The highest BCUT2D eigenvalue weighted by Gasteiger charge is 2.09. The van der Waals surface area contributed by atoms with E-state index in [9.17, 15) is 0 Å². The van der Waals surface area contributed by atoms with Crippen molar-refractivity contribution in [2.24, 2.45) is 0 Å². The molecular formula is C11H13N. The van der Waals surface area contributed by atoms with Crippen LogP contribution in [0.2, 0.25) is 0 Å². The Kier molecular flexibility index (Phi) is 1.86. The third-order valence-electron chi connectivity index (χ3n) is 2.16. The number of fused-ring (bicyclic) bond motifs is 1. The van der Waals surface area contributed by atoms with Crippen LogP contribution in [0.3, 0.4) is 0 Å². The third kappa shape index (κ3) is 1.35. The fraction of sp³-hybridized carbons (Fsp3) is 0.273. The van der Waals surface area contributed by atoms with Crippen LogP contribution in [-0.4, -0.2) is 6.04 Å². The van der Waals surface area contributed by atoms with E-state index in [1.165, 1.54) is 11.3 Å². The Hall–Kier alpha value is -1.24. The second-order valence-corrected chi connectivity index (χ2v) is 3.10. The lowest BCUT2D eigenvalue weighted by Gasteiger charge is -2.19. The quantitative estimate of drug-likeness (QED) is 0.619. The van der Waals surface area contributed by atoms with Crippen LogP contribution in [0.25, 0.3) is 0 Å². The average Bonchev–Trinajstić information content (AvgIpc) is 2.27. The summed E-state index contributed by atoms with van der Waals surface area (Å²) in [6.07, 6.45) is 14.0. The first-order chi connectivity index (χ1) is 5.88. The minimum absolute atomic E-state index is 0.398. The molecule has 2 rings (SSSR count). The van der Waals surface area contributed by atoms with Crippen molar-refractivity contribution in [3.05, 3.63) is 47.7 Å². The van der Waals surface area contributed by atoms with E-state index in [0.717, 1.165) is 6.42 Å². The largest absolute Gasteiger partial charge is 0.379 e. The minimum atomic E-state index is 0.398. The van der Waals surface area contributed by atoms with Gasteiger partial charge in [-0.25, -0.2) is 0 Å². The van der Waals surface area contributed by atoms with Crippen LogP contribution in [-0.2, 0) is 0 Å². The van der Waals surface area contributed by atoms with Gasteiger partial charge in [-0.1, -0.05) is 37.3 Å². The lowest BCUT2D eigenvalue weighted by Crippen LogP contribution is -2.26. The molecule has 1 atom stereocenters. The SMILES string of the molecule is CCC1=CC2=CC(C=CC=C2)N1. The zero-order valence-corrected chi connectivity index (χ0v) is 7.25. The molecule has 1 nitrogen and oxygen atoms in total. The van der Waals surface area contributed by atoms with E-state index in [1.807, 2.05) is 0 Å². The van der Waals surface area contributed by atoms with Gasteiger partial charge in [-0.05, 0) is 18.1 Å². The molecule has 1 aliphatic heterocycles. The van der Waals surface area contributed by atoms with Crippen molar-refractivity contribution in [3.63, 3.8) is 0 Å². The van der Waals surface area contributed by atoms with Gasteiger partial charge < -0.3 is 5.32 Å². The molecule has 2 aliphatic rings. The number of allylic oxidation sites excluding steroid dienone is 6. The smallest absolute Gasteiger partial charge is 0.0637 e. The third-order valence-corrected chi connectivity index (χ3v) is 2.16. The molecule has 12 heavy (non-hydrogen) atoms. The van der Waals surface area contributed by atoms with E-state index >= 15 is 0 Å². The molecule has 0 saturated heterocycles. The van der Waals surface area contributed by atoms with E-state index in [4.69, 9.17) is 0 Å². The lowest BCUT2D eigenvalue weighted by atomic mass is 10.1. The van der Waals surface area contributed by atoms with Crippen LogP contribution in [0.5, 0.6) is 0 Å². The number of rotatable bonds is 1.